The minimum absolute atomic E-state index is 0.416. The average molecular weight is 411 g/mol. The largest absolute Gasteiger partial charge is 0.493 e. The van der Waals surface area contributed by atoms with Gasteiger partial charge in [-0.25, -0.2) is 4.79 Å². The molecule has 7 nitrogen and oxygen atoms in total. The van der Waals surface area contributed by atoms with E-state index >= 15 is 0 Å². The molecule has 0 spiro atoms. The van der Waals surface area contributed by atoms with Crippen molar-refractivity contribution in [2.45, 2.75) is 0 Å². The molecule has 0 unspecified atom stereocenters. The Bertz CT molecular complexity index is 1070. The van der Waals surface area contributed by atoms with Gasteiger partial charge >= 0.3 is 5.63 Å². The summed E-state index contributed by atoms with van der Waals surface area (Å²) < 4.78 is 27.4. The van der Waals surface area contributed by atoms with Crippen molar-refractivity contribution in [2.24, 2.45) is 0 Å². The normalized spacial score (nSPS) is 14.6. The van der Waals surface area contributed by atoms with Gasteiger partial charge in [0.1, 0.15) is 17.9 Å². The molecule has 1 aromatic heterocycles. The van der Waals surface area contributed by atoms with Crippen LogP contribution < -0.4 is 19.8 Å². The molecule has 158 valence electrons. The molecule has 3 aromatic rings. The fraction of sp³-hybridized carbons (Fsp3) is 0.348. The second kappa shape index (κ2) is 9.19. The molecule has 0 N–H and O–H groups in total. The summed E-state index contributed by atoms with van der Waals surface area (Å²) in [5.74, 6) is 1.83. The first-order valence-corrected chi connectivity index (χ1v) is 9.91. The summed E-state index contributed by atoms with van der Waals surface area (Å²) in [4.78, 5) is 14.9. The number of ether oxygens (including phenoxy) is 4. The quantitative estimate of drug-likeness (QED) is 0.553. The van der Waals surface area contributed by atoms with Crippen molar-refractivity contribution < 1.29 is 23.4 Å². The SMILES string of the molecule is COc1ccc(-c2cc3ccc(OCCN4CCOCC4)cc3oc2=O)cc1OC. The Hall–Kier alpha value is -3.03. The molecular weight excluding hydrogens is 386 g/mol. The molecule has 4 rings (SSSR count). The van der Waals surface area contributed by atoms with Crippen molar-refractivity contribution in [3.63, 3.8) is 0 Å². The Labute approximate surface area is 174 Å². The summed E-state index contributed by atoms with van der Waals surface area (Å²) in [5.41, 5.74) is 1.24. The van der Waals surface area contributed by atoms with Gasteiger partial charge in [-0.3, -0.25) is 4.90 Å². The second-order valence-electron chi connectivity index (χ2n) is 7.02. The molecule has 30 heavy (non-hydrogen) atoms. The van der Waals surface area contributed by atoms with Gasteiger partial charge < -0.3 is 23.4 Å². The van der Waals surface area contributed by atoms with Crippen LogP contribution in [0.3, 0.4) is 0 Å². The van der Waals surface area contributed by atoms with E-state index < -0.39 is 5.63 Å². The number of benzene rings is 2. The zero-order chi connectivity index (χ0) is 20.9. The van der Waals surface area contributed by atoms with Crippen LogP contribution in [0.1, 0.15) is 0 Å². The lowest BCUT2D eigenvalue weighted by molar-refractivity contribution is 0.0322. The average Bonchev–Trinajstić information content (AvgIpc) is 2.79. The van der Waals surface area contributed by atoms with E-state index in [9.17, 15) is 4.79 Å². The molecule has 1 aliphatic rings. The Morgan fingerprint density at radius 1 is 0.967 bits per heavy atom. The number of methoxy groups -OCH3 is 2. The highest BCUT2D eigenvalue weighted by Gasteiger charge is 2.13. The number of hydrogen-bond donors (Lipinski definition) is 0. The monoisotopic (exact) mass is 411 g/mol. The fourth-order valence-corrected chi connectivity index (χ4v) is 3.50. The van der Waals surface area contributed by atoms with Gasteiger partial charge in [0.15, 0.2) is 11.5 Å². The Kier molecular flexibility index (Phi) is 6.21. The minimum Gasteiger partial charge on any atom is -0.493 e. The van der Waals surface area contributed by atoms with Crippen LogP contribution in [0.2, 0.25) is 0 Å². The van der Waals surface area contributed by atoms with Crippen LogP contribution in [0.25, 0.3) is 22.1 Å². The van der Waals surface area contributed by atoms with Gasteiger partial charge in [-0.15, -0.1) is 0 Å². The molecule has 0 radical (unpaired) electrons. The first kappa shape index (κ1) is 20.3. The molecule has 0 atom stereocenters. The maximum absolute atomic E-state index is 12.6. The van der Waals surface area contributed by atoms with E-state index in [4.69, 9.17) is 23.4 Å². The van der Waals surface area contributed by atoms with Crippen LogP contribution in [0.5, 0.6) is 17.2 Å². The zero-order valence-corrected chi connectivity index (χ0v) is 17.2. The molecule has 2 heterocycles. The number of fused-ring (bicyclic) bond motifs is 1. The second-order valence-corrected chi connectivity index (χ2v) is 7.02. The van der Waals surface area contributed by atoms with Crippen molar-refractivity contribution in [3.05, 3.63) is 52.9 Å². The van der Waals surface area contributed by atoms with E-state index in [1.165, 1.54) is 0 Å². The Morgan fingerprint density at radius 3 is 2.53 bits per heavy atom. The summed E-state index contributed by atoms with van der Waals surface area (Å²) in [5, 5.41) is 0.819. The van der Waals surface area contributed by atoms with E-state index in [2.05, 4.69) is 4.90 Å². The highest BCUT2D eigenvalue weighted by Crippen LogP contribution is 2.32. The van der Waals surface area contributed by atoms with Crippen LogP contribution in [-0.4, -0.2) is 58.6 Å². The molecular formula is C23H25NO6. The molecule has 2 aromatic carbocycles. The van der Waals surface area contributed by atoms with Crippen molar-refractivity contribution in [2.75, 3.05) is 53.7 Å². The molecule has 1 aliphatic heterocycles. The summed E-state index contributed by atoms with van der Waals surface area (Å²) in [6.07, 6.45) is 0. The van der Waals surface area contributed by atoms with Gasteiger partial charge in [-0.2, -0.15) is 0 Å². The molecule has 0 saturated carbocycles. The van der Waals surface area contributed by atoms with E-state index in [0.717, 1.165) is 38.2 Å². The molecule has 7 heteroatoms. The molecule has 1 fully saturated rings. The van der Waals surface area contributed by atoms with Gasteiger partial charge in [-0.05, 0) is 35.9 Å². The summed E-state index contributed by atoms with van der Waals surface area (Å²) in [6, 6.07) is 12.7. The first-order valence-electron chi connectivity index (χ1n) is 9.91. The topological polar surface area (TPSA) is 70.4 Å². The third kappa shape index (κ3) is 4.42. The minimum atomic E-state index is -0.416. The highest BCUT2D eigenvalue weighted by atomic mass is 16.5. The number of morpholine rings is 1. The van der Waals surface area contributed by atoms with Gasteiger partial charge in [0.2, 0.25) is 0 Å². The van der Waals surface area contributed by atoms with Crippen LogP contribution in [0.4, 0.5) is 0 Å². The van der Waals surface area contributed by atoms with Crippen LogP contribution >= 0.6 is 0 Å². The number of hydrogen-bond acceptors (Lipinski definition) is 7. The van der Waals surface area contributed by atoms with Crippen molar-refractivity contribution in [1.82, 2.24) is 4.90 Å². The lowest BCUT2D eigenvalue weighted by Crippen LogP contribution is -2.38. The van der Waals surface area contributed by atoms with E-state index in [0.29, 0.717) is 40.6 Å². The smallest absolute Gasteiger partial charge is 0.344 e. The standard InChI is InChI=1S/C23H25NO6/c1-26-20-6-4-16(14-22(20)27-2)19-13-17-3-5-18(15-21(17)30-23(19)25)29-12-9-24-7-10-28-11-8-24/h3-6,13-15H,7-12H2,1-2H3. The highest BCUT2D eigenvalue weighted by molar-refractivity contribution is 5.83. The third-order valence-electron chi connectivity index (χ3n) is 5.18. The number of nitrogens with zero attached hydrogens (tertiary/aromatic N) is 1. The van der Waals surface area contributed by atoms with Gasteiger partial charge in [0, 0.05) is 31.1 Å². The van der Waals surface area contributed by atoms with Crippen molar-refractivity contribution >= 4 is 11.0 Å². The van der Waals surface area contributed by atoms with Gasteiger partial charge in [0.05, 0.1) is 33.0 Å². The van der Waals surface area contributed by atoms with Crippen molar-refractivity contribution in [3.8, 4) is 28.4 Å². The van der Waals surface area contributed by atoms with Gasteiger partial charge in [-0.1, -0.05) is 6.07 Å². The molecule has 0 amide bonds. The Morgan fingerprint density at radius 2 is 1.77 bits per heavy atom. The summed E-state index contributed by atoms with van der Waals surface area (Å²) in [7, 11) is 3.13. The molecule has 0 aliphatic carbocycles. The summed E-state index contributed by atoms with van der Waals surface area (Å²) in [6.45, 7) is 4.79. The third-order valence-corrected chi connectivity index (χ3v) is 5.18. The summed E-state index contributed by atoms with van der Waals surface area (Å²) >= 11 is 0. The van der Waals surface area contributed by atoms with Crippen LogP contribution in [0.15, 0.2) is 51.7 Å². The lowest BCUT2D eigenvalue weighted by atomic mass is 10.1. The lowest BCUT2D eigenvalue weighted by Gasteiger charge is -2.26. The first-order chi connectivity index (χ1) is 14.7. The fourth-order valence-electron chi connectivity index (χ4n) is 3.50. The van der Waals surface area contributed by atoms with Crippen LogP contribution in [0, 0.1) is 0 Å². The van der Waals surface area contributed by atoms with Crippen LogP contribution in [-0.2, 0) is 4.74 Å². The predicted molar refractivity (Wildman–Crippen MR) is 114 cm³/mol. The molecule has 0 bridgehead atoms. The van der Waals surface area contributed by atoms with Crippen molar-refractivity contribution in [1.29, 1.82) is 0 Å². The van der Waals surface area contributed by atoms with E-state index in [1.807, 2.05) is 24.3 Å². The van der Waals surface area contributed by atoms with Gasteiger partial charge in [0.25, 0.3) is 0 Å². The Balaban J connectivity index is 1.53. The number of rotatable bonds is 7. The zero-order valence-electron chi connectivity index (χ0n) is 17.2. The molecule has 1 saturated heterocycles. The maximum Gasteiger partial charge on any atom is 0.344 e. The van der Waals surface area contributed by atoms with E-state index in [1.54, 1.807) is 32.4 Å². The van der Waals surface area contributed by atoms with E-state index in [-0.39, 0.29) is 0 Å². The predicted octanol–water partition coefficient (Wildman–Crippen LogP) is 3.19. The maximum atomic E-state index is 12.6.